The molecule has 0 aliphatic heterocycles. The van der Waals surface area contributed by atoms with E-state index in [4.69, 9.17) is 4.74 Å². The monoisotopic (exact) mass is 504 g/mol. The maximum Gasteiger partial charge on any atom is 0.226 e. The van der Waals surface area contributed by atoms with Crippen LogP contribution in [0.25, 0.3) is 0 Å². The van der Waals surface area contributed by atoms with E-state index in [1.807, 2.05) is 45.0 Å². The minimum atomic E-state index is -0.0289. The van der Waals surface area contributed by atoms with Gasteiger partial charge in [-0.1, -0.05) is 39.8 Å². The molecule has 0 saturated heterocycles. The van der Waals surface area contributed by atoms with Crippen molar-refractivity contribution < 1.29 is 9.53 Å². The lowest BCUT2D eigenvalue weighted by molar-refractivity contribution is -0.118. The zero-order valence-corrected chi connectivity index (χ0v) is 20.4. The maximum absolute atomic E-state index is 11.7. The van der Waals surface area contributed by atoms with Crippen LogP contribution in [0.2, 0.25) is 0 Å². The molecule has 160 valence electrons. The predicted molar refractivity (Wildman–Crippen MR) is 128 cm³/mol. The van der Waals surface area contributed by atoms with Gasteiger partial charge in [-0.15, -0.1) is 24.0 Å². The normalized spacial score (nSPS) is 12.5. The summed E-state index contributed by atoms with van der Waals surface area (Å²) in [6.45, 7) is 12.4. The Labute approximate surface area is 187 Å². The SMILES string of the molecule is CCOC(CCNC(=NC)NCc1ccc(NC(=O)C(C)C)cc1)C(C)C.I. The third kappa shape index (κ3) is 10.3. The van der Waals surface area contributed by atoms with Crippen molar-refractivity contribution in [1.82, 2.24) is 10.6 Å². The highest BCUT2D eigenvalue weighted by Crippen LogP contribution is 2.11. The van der Waals surface area contributed by atoms with E-state index in [9.17, 15) is 4.79 Å². The molecule has 0 aliphatic rings. The number of ether oxygens (including phenoxy) is 1. The fourth-order valence-corrected chi connectivity index (χ4v) is 2.55. The number of carbonyl (C=O) groups is 1. The molecule has 1 atom stereocenters. The summed E-state index contributed by atoms with van der Waals surface area (Å²) in [7, 11) is 1.77. The first-order chi connectivity index (χ1) is 12.9. The molecule has 0 radical (unpaired) electrons. The standard InChI is InChI=1S/C21H36N4O2.HI/c1-7-27-19(15(2)3)12-13-23-21(22-6)24-14-17-8-10-18(11-9-17)25-20(26)16(4)5;/h8-11,15-16,19H,7,12-14H2,1-6H3,(H,25,26)(H2,22,23,24);1H. The lowest BCUT2D eigenvalue weighted by Crippen LogP contribution is -2.38. The van der Waals surface area contributed by atoms with E-state index >= 15 is 0 Å². The number of anilines is 1. The number of hydrogen-bond acceptors (Lipinski definition) is 3. The van der Waals surface area contributed by atoms with Gasteiger partial charge in [0, 0.05) is 38.3 Å². The number of halogens is 1. The van der Waals surface area contributed by atoms with Crippen LogP contribution in [0.4, 0.5) is 5.69 Å². The zero-order valence-electron chi connectivity index (χ0n) is 18.0. The van der Waals surface area contributed by atoms with E-state index in [0.29, 0.717) is 12.5 Å². The molecule has 0 saturated carbocycles. The van der Waals surface area contributed by atoms with Gasteiger partial charge >= 0.3 is 0 Å². The summed E-state index contributed by atoms with van der Waals surface area (Å²) >= 11 is 0. The summed E-state index contributed by atoms with van der Waals surface area (Å²) in [4.78, 5) is 16.0. The van der Waals surface area contributed by atoms with Crippen molar-refractivity contribution in [3.8, 4) is 0 Å². The first-order valence-electron chi connectivity index (χ1n) is 9.83. The second-order valence-corrected chi connectivity index (χ2v) is 7.22. The molecular weight excluding hydrogens is 467 g/mol. The lowest BCUT2D eigenvalue weighted by Gasteiger charge is -2.21. The average Bonchev–Trinajstić information content (AvgIpc) is 2.64. The zero-order chi connectivity index (χ0) is 20.2. The van der Waals surface area contributed by atoms with Crippen LogP contribution in [0.5, 0.6) is 0 Å². The second-order valence-electron chi connectivity index (χ2n) is 7.22. The number of amides is 1. The molecule has 1 aromatic carbocycles. The van der Waals surface area contributed by atoms with Gasteiger partial charge in [-0.05, 0) is 37.0 Å². The van der Waals surface area contributed by atoms with Gasteiger partial charge in [0.15, 0.2) is 5.96 Å². The molecule has 1 aromatic rings. The number of guanidine groups is 1. The number of carbonyl (C=O) groups excluding carboxylic acids is 1. The van der Waals surface area contributed by atoms with Gasteiger partial charge < -0.3 is 20.7 Å². The summed E-state index contributed by atoms with van der Waals surface area (Å²) < 4.78 is 5.77. The fraction of sp³-hybridized carbons (Fsp3) is 0.619. The van der Waals surface area contributed by atoms with E-state index < -0.39 is 0 Å². The fourth-order valence-electron chi connectivity index (χ4n) is 2.55. The van der Waals surface area contributed by atoms with Crippen LogP contribution in [0, 0.1) is 11.8 Å². The van der Waals surface area contributed by atoms with Crippen LogP contribution in [0.3, 0.4) is 0 Å². The van der Waals surface area contributed by atoms with Gasteiger partial charge in [0.25, 0.3) is 0 Å². The van der Waals surface area contributed by atoms with E-state index in [2.05, 4.69) is 34.8 Å². The molecular formula is C21H37IN4O2. The van der Waals surface area contributed by atoms with Crippen LogP contribution in [-0.4, -0.2) is 38.2 Å². The summed E-state index contributed by atoms with van der Waals surface area (Å²) in [5.74, 6) is 1.26. The van der Waals surface area contributed by atoms with Crippen molar-refractivity contribution in [2.75, 3.05) is 25.5 Å². The van der Waals surface area contributed by atoms with E-state index in [1.54, 1.807) is 7.05 Å². The molecule has 1 amide bonds. The van der Waals surface area contributed by atoms with Crippen molar-refractivity contribution in [2.24, 2.45) is 16.8 Å². The summed E-state index contributed by atoms with van der Waals surface area (Å²) in [5.41, 5.74) is 1.94. The lowest BCUT2D eigenvalue weighted by atomic mass is 10.0. The summed E-state index contributed by atoms with van der Waals surface area (Å²) in [5, 5.41) is 9.54. The van der Waals surface area contributed by atoms with Crippen molar-refractivity contribution in [3.05, 3.63) is 29.8 Å². The molecule has 0 spiro atoms. The van der Waals surface area contributed by atoms with Crippen LogP contribution in [-0.2, 0) is 16.1 Å². The first-order valence-corrected chi connectivity index (χ1v) is 9.83. The molecule has 6 nitrogen and oxygen atoms in total. The van der Waals surface area contributed by atoms with E-state index in [1.165, 1.54) is 0 Å². The van der Waals surface area contributed by atoms with Gasteiger partial charge in [-0.3, -0.25) is 9.79 Å². The highest BCUT2D eigenvalue weighted by atomic mass is 127. The van der Waals surface area contributed by atoms with Gasteiger partial charge in [0.1, 0.15) is 0 Å². The van der Waals surface area contributed by atoms with Crippen molar-refractivity contribution in [2.45, 2.75) is 53.7 Å². The molecule has 0 aliphatic carbocycles. The number of aliphatic imine (C=N–C) groups is 1. The number of rotatable bonds is 10. The van der Waals surface area contributed by atoms with E-state index in [0.717, 1.165) is 36.8 Å². The van der Waals surface area contributed by atoms with Crippen LogP contribution in [0.15, 0.2) is 29.3 Å². The quantitative estimate of drug-likeness (QED) is 0.256. The molecule has 1 rings (SSSR count). The highest BCUT2D eigenvalue weighted by molar-refractivity contribution is 14.0. The van der Waals surface area contributed by atoms with Gasteiger partial charge in [-0.25, -0.2) is 0 Å². The van der Waals surface area contributed by atoms with Crippen LogP contribution < -0.4 is 16.0 Å². The Morgan fingerprint density at radius 1 is 1.11 bits per heavy atom. The summed E-state index contributed by atoms with van der Waals surface area (Å²) in [6.07, 6.45) is 1.20. The Kier molecular flexibility index (Phi) is 13.9. The number of hydrogen-bond donors (Lipinski definition) is 3. The number of benzene rings is 1. The van der Waals surface area contributed by atoms with Crippen molar-refractivity contribution in [3.63, 3.8) is 0 Å². The predicted octanol–water partition coefficient (Wildman–Crippen LogP) is 4.02. The topological polar surface area (TPSA) is 74.8 Å². The Hall–Kier alpha value is -1.35. The third-order valence-electron chi connectivity index (χ3n) is 4.28. The number of nitrogens with one attached hydrogen (secondary N) is 3. The number of nitrogens with zero attached hydrogens (tertiary/aromatic N) is 1. The molecule has 7 heteroatoms. The van der Waals surface area contributed by atoms with Gasteiger partial charge in [0.05, 0.1) is 6.10 Å². The first kappa shape index (κ1) is 26.6. The molecule has 3 N–H and O–H groups in total. The van der Waals surface area contributed by atoms with Crippen LogP contribution in [0.1, 0.15) is 46.6 Å². The summed E-state index contributed by atoms with van der Waals surface area (Å²) in [6, 6.07) is 7.84. The van der Waals surface area contributed by atoms with Crippen LogP contribution >= 0.6 is 24.0 Å². The molecule has 0 heterocycles. The van der Waals surface area contributed by atoms with E-state index in [-0.39, 0.29) is 41.9 Å². The Bertz CT molecular complexity index is 589. The maximum atomic E-state index is 11.7. The average molecular weight is 504 g/mol. The highest BCUT2D eigenvalue weighted by Gasteiger charge is 2.13. The molecule has 0 bridgehead atoms. The molecule has 0 fully saturated rings. The smallest absolute Gasteiger partial charge is 0.226 e. The second kappa shape index (κ2) is 14.6. The molecule has 0 aromatic heterocycles. The van der Waals surface area contributed by atoms with Gasteiger partial charge in [-0.2, -0.15) is 0 Å². The van der Waals surface area contributed by atoms with Gasteiger partial charge in [0.2, 0.25) is 5.91 Å². The molecule has 1 unspecified atom stereocenters. The Balaban J connectivity index is 0.00000729. The Morgan fingerprint density at radius 2 is 1.75 bits per heavy atom. The minimum absolute atomic E-state index is 0. The Morgan fingerprint density at radius 3 is 2.25 bits per heavy atom. The largest absolute Gasteiger partial charge is 0.378 e. The molecule has 28 heavy (non-hydrogen) atoms. The van der Waals surface area contributed by atoms with Crippen molar-refractivity contribution in [1.29, 1.82) is 0 Å². The van der Waals surface area contributed by atoms with Crippen molar-refractivity contribution >= 4 is 41.5 Å². The third-order valence-corrected chi connectivity index (χ3v) is 4.28. The minimum Gasteiger partial charge on any atom is -0.378 e.